The molecule has 7 nitrogen and oxygen atoms in total. The predicted octanol–water partition coefficient (Wildman–Crippen LogP) is 3.45. The molecule has 1 aliphatic rings. The largest absolute Gasteiger partial charge is 0.459 e. The number of benzene rings is 1. The third-order valence-corrected chi connectivity index (χ3v) is 5.47. The lowest BCUT2D eigenvalue weighted by atomic mass is 10.0. The number of nitrogens with zero attached hydrogens (tertiary/aromatic N) is 4. The van der Waals surface area contributed by atoms with E-state index in [2.05, 4.69) is 63.1 Å². The summed E-state index contributed by atoms with van der Waals surface area (Å²) in [5.41, 5.74) is 1.32. The minimum Gasteiger partial charge on any atom is -0.459 e. The van der Waals surface area contributed by atoms with E-state index < -0.39 is 0 Å². The van der Waals surface area contributed by atoms with Crippen molar-refractivity contribution in [3.05, 3.63) is 71.7 Å². The molecule has 3 aromatic rings. The molecule has 1 unspecified atom stereocenters. The average molecular weight is 408 g/mol. The molecule has 4 rings (SSSR count). The summed E-state index contributed by atoms with van der Waals surface area (Å²) >= 11 is 0. The fraction of sp³-hybridized carbons (Fsp3) is 0.435. The lowest BCUT2D eigenvalue weighted by molar-refractivity contribution is 0.0900. The van der Waals surface area contributed by atoms with Gasteiger partial charge in [-0.25, -0.2) is 0 Å². The smallest absolute Gasteiger partial charge is 0.287 e. The standard InChI is InChI=1S/C23H29N5O2/c1-17(2)15-19(24-23(29)20-9-6-14-30-20)22-26-25-21-10-11-27(12-13-28(21)22)16-18-7-4-3-5-8-18/h3-9,14,17,19H,10-13,15-16H2,1-2H3,(H,24,29). The quantitative estimate of drug-likeness (QED) is 0.649. The van der Waals surface area contributed by atoms with Gasteiger partial charge in [0.2, 0.25) is 0 Å². The Hall–Kier alpha value is -2.93. The van der Waals surface area contributed by atoms with Crippen LogP contribution in [0.5, 0.6) is 0 Å². The average Bonchev–Trinajstić information content (AvgIpc) is 3.36. The zero-order valence-corrected chi connectivity index (χ0v) is 17.6. The number of aromatic nitrogens is 3. The van der Waals surface area contributed by atoms with Gasteiger partial charge in [-0.2, -0.15) is 0 Å². The molecule has 0 saturated heterocycles. The van der Waals surface area contributed by atoms with Crippen LogP contribution in [0.3, 0.4) is 0 Å². The Bertz CT molecular complexity index is 949. The van der Waals surface area contributed by atoms with E-state index >= 15 is 0 Å². The van der Waals surface area contributed by atoms with Gasteiger partial charge in [-0.3, -0.25) is 9.69 Å². The Morgan fingerprint density at radius 3 is 2.67 bits per heavy atom. The molecule has 30 heavy (non-hydrogen) atoms. The van der Waals surface area contributed by atoms with E-state index in [0.29, 0.717) is 11.7 Å². The number of amides is 1. The van der Waals surface area contributed by atoms with E-state index in [1.165, 1.54) is 11.8 Å². The zero-order chi connectivity index (χ0) is 20.9. The van der Waals surface area contributed by atoms with Crippen LogP contribution < -0.4 is 5.32 Å². The van der Waals surface area contributed by atoms with Gasteiger partial charge in [0.15, 0.2) is 11.6 Å². The Kier molecular flexibility index (Phi) is 6.28. The van der Waals surface area contributed by atoms with Crippen molar-refractivity contribution in [2.75, 3.05) is 13.1 Å². The first kappa shape index (κ1) is 20.3. The maximum atomic E-state index is 12.6. The van der Waals surface area contributed by atoms with Gasteiger partial charge in [-0.05, 0) is 30.0 Å². The number of rotatable bonds is 7. The summed E-state index contributed by atoms with van der Waals surface area (Å²) in [5, 5.41) is 12.1. The monoisotopic (exact) mass is 407 g/mol. The van der Waals surface area contributed by atoms with Crippen molar-refractivity contribution in [2.45, 2.75) is 45.8 Å². The van der Waals surface area contributed by atoms with Gasteiger partial charge in [-0.15, -0.1) is 10.2 Å². The van der Waals surface area contributed by atoms with Crippen molar-refractivity contribution >= 4 is 5.91 Å². The second-order valence-electron chi connectivity index (χ2n) is 8.27. The van der Waals surface area contributed by atoms with Crippen LogP contribution in [0.1, 0.15) is 54.1 Å². The lowest BCUT2D eigenvalue weighted by Gasteiger charge is -2.22. The van der Waals surface area contributed by atoms with Crippen LogP contribution in [0.2, 0.25) is 0 Å². The first-order valence-corrected chi connectivity index (χ1v) is 10.6. The molecular formula is C23H29N5O2. The molecule has 1 aromatic carbocycles. The van der Waals surface area contributed by atoms with Crippen LogP contribution in [0.25, 0.3) is 0 Å². The predicted molar refractivity (Wildman–Crippen MR) is 114 cm³/mol. The first-order valence-electron chi connectivity index (χ1n) is 10.6. The Balaban J connectivity index is 1.49. The van der Waals surface area contributed by atoms with E-state index in [9.17, 15) is 4.79 Å². The SMILES string of the molecule is CC(C)CC(NC(=O)c1ccco1)c1nnc2n1CCN(Cc1ccccc1)CC2. The number of nitrogens with one attached hydrogen (secondary N) is 1. The molecule has 158 valence electrons. The molecule has 1 amide bonds. The Morgan fingerprint density at radius 1 is 1.10 bits per heavy atom. The number of fused-ring (bicyclic) bond motifs is 1. The van der Waals surface area contributed by atoms with Gasteiger partial charge < -0.3 is 14.3 Å². The van der Waals surface area contributed by atoms with Crippen LogP contribution in [-0.4, -0.2) is 38.7 Å². The van der Waals surface area contributed by atoms with Crippen molar-refractivity contribution in [1.82, 2.24) is 25.0 Å². The highest BCUT2D eigenvalue weighted by atomic mass is 16.3. The summed E-state index contributed by atoms with van der Waals surface area (Å²) in [4.78, 5) is 15.1. The maximum absolute atomic E-state index is 12.6. The van der Waals surface area contributed by atoms with Crippen molar-refractivity contribution < 1.29 is 9.21 Å². The maximum Gasteiger partial charge on any atom is 0.287 e. The molecule has 0 fully saturated rings. The van der Waals surface area contributed by atoms with Gasteiger partial charge in [0.05, 0.1) is 12.3 Å². The molecule has 0 aliphatic carbocycles. The van der Waals surface area contributed by atoms with E-state index in [0.717, 1.165) is 50.7 Å². The van der Waals surface area contributed by atoms with Gasteiger partial charge >= 0.3 is 0 Å². The van der Waals surface area contributed by atoms with Crippen LogP contribution in [-0.2, 0) is 19.5 Å². The highest BCUT2D eigenvalue weighted by Gasteiger charge is 2.27. The molecule has 1 N–H and O–H groups in total. The molecule has 1 atom stereocenters. The summed E-state index contributed by atoms with van der Waals surface area (Å²) < 4.78 is 7.46. The summed E-state index contributed by atoms with van der Waals surface area (Å²) in [6.07, 6.45) is 3.15. The minimum absolute atomic E-state index is 0.204. The van der Waals surface area contributed by atoms with Gasteiger partial charge in [0.1, 0.15) is 5.82 Å². The fourth-order valence-corrected chi connectivity index (χ4v) is 3.98. The fourth-order valence-electron chi connectivity index (χ4n) is 3.98. The molecular weight excluding hydrogens is 378 g/mol. The number of furan rings is 1. The molecule has 1 aliphatic heterocycles. The number of hydrogen-bond acceptors (Lipinski definition) is 5. The Labute approximate surface area is 177 Å². The highest BCUT2D eigenvalue weighted by Crippen LogP contribution is 2.23. The summed E-state index contributed by atoms with van der Waals surface area (Å²) in [6.45, 7) is 7.91. The van der Waals surface area contributed by atoms with E-state index in [-0.39, 0.29) is 11.9 Å². The van der Waals surface area contributed by atoms with Crippen LogP contribution in [0.15, 0.2) is 53.1 Å². The molecule has 2 aromatic heterocycles. The third kappa shape index (κ3) is 4.79. The normalized spacial score (nSPS) is 15.6. The molecule has 7 heteroatoms. The second kappa shape index (κ2) is 9.26. The first-order chi connectivity index (χ1) is 14.6. The van der Waals surface area contributed by atoms with Crippen LogP contribution >= 0.6 is 0 Å². The number of carbonyl (C=O) groups excluding carboxylic acids is 1. The van der Waals surface area contributed by atoms with Crippen molar-refractivity contribution in [1.29, 1.82) is 0 Å². The lowest BCUT2D eigenvalue weighted by Crippen LogP contribution is -2.32. The molecule has 0 saturated carbocycles. The summed E-state index contributed by atoms with van der Waals surface area (Å²) in [7, 11) is 0. The molecule has 0 spiro atoms. The van der Waals surface area contributed by atoms with Crippen molar-refractivity contribution in [2.24, 2.45) is 5.92 Å². The van der Waals surface area contributed by atoms with E-state index in [4.69, 9.17) is 4.42 Å². The van der Waals surface area contributed by atoms with Crippen LogP contribution in [0, 0.1) is 5.92 Å². The summed E-state index contributed by atoms with van der Waals surface area (Å²) in [6, 6.07) is 13.7. The van der Waals surface area contributed by atoms with Crippen LogP contribution in [0.4, 0.5) is 0 Å². The zero-order valence-electron chi connectivity index (χ0n) is 17.6. The Morgan fingerprint density at radius 2 is 1.93 bits per heavy atom. The number of carbonyl (C=O) groups is 1. The van der Waals surface area contributed by atoms with Crippen molar-refractivity contribution in [3.63, 3.8) is 0 Å². The number of hydrogen-bond donors (Lipinski definition) is 1. The van der Waals surface area contributed by atoms with Gasteiger partial charge in [-0.1, -0.05) is 44.2 Å². The second-order valence-corrected chi connectivity index (χ2v) is 8.27. The highest BCUT2D eigenvalue weighted by molar-refractivity contribution is 5.91. The van der Waals surface area contributed by atoms with E-state index in [1.807, 2.05) is 6.07 Å². The van der Waals surface area contributed by atoms with Gasteiger partial charge in [0, 0.05) is 32.6 Å². The van der Waals surface area contributed by atoms with Gasteiger partial charge in [0.25, 0.3) is 5.91 Å². The molecule has 0 radical (unpaired) electrons. The van der Waals surface area contributed by atoms with E-state index in [1.54, 1.807) is 12.1 Å². The topological polar surface area (TPSA) is 76.2 Å². The van der Waals surface area contributed by atoms with Crippen molar-refractivity contribution in [3.8, 4) is 0 Å². The third-order valence-electron chi connectivity index (χ3n) is 5.47. The summed E-state index contributed by atoms with van der Waals surface area (Å²) in [5.74, 6) is 2.32. The molecule has 0 bridgehead atoms. The minimum atomic E-state index is -0.220. The molecule has 3 heterocycles.